The minimum atomic E-state index is 0.973. The van der Waals surface area contributed by atoms with Crippen molar-refractivity contribution in [2.75, 3.05) is 0 Å². The van der Waals surface area contributed by atoms with E-state index in [0.717, 1.165) is 24.2 Å². The van der Waals surface area contributed by atoms with E-state index in [9.17, 15) is 0 Å². The second-order valence-corrected chi connectivity index (χ2v) is 9.93. The van der Waals surface area contributed by atoms with Gasteiger partial charge in [0.15, 0.2) is 0 Å². The van der Waals surface area contributed by atoms with E-state index < -0.39 is 0 Å². The van der Waals surface area contributed by atoms with Gasteiger partial charge in [-0.15, -0.1) is 0 Å². The lowest BCUT2D eigenvalue weighted by Gasteiger charge is -2.19. The molecule has 0 aliphatic heterocycles. The van der Waals surface area contributed by atoms with Crippen molar-refractivity contribution in [3.8, 4) is 22.3 Å². The molecule has 0 radical (unpaired) electrons. The van der Waals surface area contributed by atoms with Crippen LogP contribution in [0.3, 0.4) is 0 Å². The number of benzene rings is 6. The molecule has 1 heteroatoms. The molecule has 1 nitrogen and oxygen atoms in total. The maximum Gasteiger partial charge on any atom is 0.135 e. The van der Waals surface area contributed by atoms with Crippen LogP contribution in [-0.4, -0.2) is 0 Å². The number of fused-ring (bicyclic) bond motifs is 6. The molecular formula is C36H24O. The van der Waals surface area contributed by atoms with Gasteiger partial charge in [-0.3, -0.25) is 0 Å². The summed E-state index contributed by atoms with van der Waals surface area (Å²) in [5.41, 5.74) is 7.44. The molecule has 0 atom stereocenters. The van der Waals surface area contributed by atoms with Gasteiger partial charge < -0.3 is 4.42 Å². The van der Waals surface area contributed by atoms with Gasteiger partial charge in [0.25, 0.3) is 0 Å². The molecule has 0 amide bonds. The Balaban J connectivity index is 1.56. The zero-order valence-electron chi connectivity index (χ0n) is 20.4. The third-order valence-corrected chi connectivity index (χ3v) is 7.94. The van der Waals surface area contributed by atoms with Crippen molar-refractivity contribution in [1.82, 2.24) is 0 Å². The van der Waals surface area contributed by atoms with Crippen LogP contribution >= 0.6 is 0 Å². The zero-order valence-corrected chi connectivity index (χ0v) is 20.4. The fraction of sp³-hybridized carbons (Fsp3) is 0.0556. The molecule has 0 spiro atoms. The van der Waals surface area contributed by atoms with Crippen molar-refractivity contribution >= 4 is 49.4 Å². The van der Waals surface area contributed by atoms with E-state index in [0.29, 0.717) is 0 Å². The first-order chi connectivity index (χ1) is 18.4. The molecule has 0 N–H and O–H groups in total. The predicted octanol–water partition coefficient (Wildman–Crippen LogP) is 10.2. The quantitative estimate of drug-likeness (QED) is 0.228. The summed E-state index contributed by atoms with van der Waals surface area (Å²) in [7, 11) is 0. The Morgan fingerprint density at radius 1 is 0.514 bits per heavy atom. The van der Waals surface area contributed by atoms with E-state index >= 15 is 0 Å². The van der Waals surface area contributed by atoms with Crippen LogP contribution in [0.1, 0.15) is 17.7 Å². The van der Waals surface area contributed by atoms with Crippen LogP contribution in [0.15, 0.2) is 120 Å². The van der Waals surface area contributed by atoms with Crippen LogP contribution in [0.25, 0.3) is 71.6 Å². The van der Waals surface area contributed by atoms with Gasteiger partial charge in [-0.05, 0) is 79.6 Å². The molecule has 1 aromatic heterocycles. The topological polar surface area (TPSA) is 13.1 Å². The average molecular weight is 473 g/mol. The molecule has 0 bridgehead atoms. The summed E-state index contributed by atoms with van der Waals surface area (Å²) in [6.07, 6.45) is 6.42. The number of aryl methyl sites for hydroxylation is 1. The molecule has 0 saturated carbocycles. The van der Waals surface area contributed by atoms with Crippen LogP contribution in [0, 0.1) is 0 Å². The van der Waals surface area contributed by atoms with Crippen molar-refractivity contribution < 1.29 is 4.42 Å². The molecule has 0 fully saturated rings. The Kier molecular flexibility index (Phi) is 4.41. The number of furan rings is 1. The molecule has 1 aliphatic carbocycles. The average Bonchev–Trinajstić information content (AvgIpc) is 3.35. The van der Waals surface area contributed by atoms with E-state index in [1.54, 1.807) is 0 Å². The summed E-state index contributed by atoms with van der Waals surface area (Å²) in [6, 6.07) is 39.7. The highest BCUT2D eigenvalue weighted by Gasteiger charge is 2.22. The summed E-state index contributed by atoms with van der Waals surface area (Å²) in [4.78, 5) is 0. The van der Waals surface area contributed by atoms with Gasteiger partial charge in [0.05, 0.1) is 0 Å². The molecular weight excluding hydrogens is 448 g/mol. The zero-order chi connectivity index (χ0) is 24.3. The van der Waals surface area contributed by atoms with Crippen molar-refractivity contribution in [2.24, 2.45) is 0 Å². The second-order valence-electron chi connectivity index (χ2n) is 9.93. The van der Waals surface area contributed by atoms with Crippen LogP contribution in [-0.2, 0) is 6.42 Å². The molecule has 6 aromatic carbocycles. The molecule has 0 unspecified atom stereocenters. The van der Waals surface area contributed by atoms with Gasteiger partial charge in [0.2, 0.25) is 0 Å². The van der Waals surface area contributed by atoms with Crippen LogP contribution in [0.5, 0.6) is 0 Å². The fourth-order valence-corrected chi connectivity index (χ4v) is 6.39. The van der Waals surface area contributed by atoms with Crippen molar-refractivity contribution in [1.29, 1.82) is 0 Å². The van der Waals surface area contributed by atoms with Gasteiger partial charge in [0, 0.05) is 10.9 Å². The van der Waals surface area contributed by atoms with Gasteiger partial charge in [-0.25, -0.2) is 0 Å². The fourth-order valence-electron chi connectivity index (χ4n) is 6.39. The lowest BCUT2D eigenvalue weighted by Crippen LogP contribution is -1.94. The minimum Gasteiger partial charge on any atom is -0.456 e. The molecule has 8 rings (SSSR count). The Morgan fingerprint density at radius 3 is 1.81 bits per heavy atom. The van der Waals surface area contributed by atoms with Crippen molar-refractivity contribution in [2.45, 2.75) is 12.8 Å². The Morgan fingerprint density at radius 2 is 1.08 bits per heavy atom. The van der Waals surface area contributed by atoms with Crippen LogP contribution < -0.4 is 0 Å². The van der Waals surface area contributed by atoms with E-state index in [4.69, 9.17) is 4.42 Å². The number of hydrogen-bond acceptors (Lipinski definition) is 1. The van der Waals surface area contributed by atoms with Gasteiger partial charge in [-0.2, -0.15) is 0 Å². The Labute approximate surface area is 215 Å². The highest BCUT2D eigenvalue weighted by atomic mass is 16.3. The predicted molar refractivity (Wildman–Crippen MR) is 157 cm³/mol. The highest BCUT2D eigenvalue weighted by Crippen LogP contribution is 2.47. The highest BCUT2D eigenvalue weighted by molar-refractivity contribution is 6.25. The number of allylic oxidation sites excluding steroid dienone is 1. The smallest absolute Gasteiger partial charge is 0.135 e. The molecule has 37 heavy (non-hydrogen) atoms. The normalized spacial score (nSPS) is 13.1. The monoisotopic (exact) mass is 472 g/mol. The van der Waals surface area contributed by atoms with Crippen molar-refractivity contribution in [3.63, 3.8) is 0 Å². The molecule has 1 heterocycles. The van der Waals surface area contributed by atoms with E-state index in [2.05, 4.69) is 121 Å². The van der Waals surface area contributed by atoms with Gasteiger partial charge >= 0.3 is 0 Å². The summed E-state index contributed by atoms with van der Waals surface area (Å²) >= 11 is 0. The van der Waals surface area contributed by atoms with Crippen LogP contribution in [0.2, 0.25) is 0 Å². The van der Waals surface area contributed by atoms with Crippen LogP contribution in [0.4, 0.5) is 0 Å². The lowest BCUT2D eigenvalue weighted by molar-refractivity contribution is 0.595. The third kappa shape index (κ3) is 2.98. The molecule has 174 valence electrons. The standard InChI is InChI=1S/C36H24O/c1-2-13-24-23(11-1)12-9-19-25(24)34-26-14-3-5-16-28(26)35(29-17-6-4-15-27(29)34)31-20-10-22-33-36(31)30-18-7-8-21-32(30)37-33/h1-6,8-17,19-22H,7,18H2. The third-order valence-electron chi connectivity index (χ3n) is 7.94. The van der Waals surface area contributed by atoms with E-state index in [-0.39, 0.29) is 0 Å². The molecule has 0 saturated heterocycles. The summed E-state index contributed by atoms with van der Waals surface area (Å²) in [5.74, 6) is 1.01. The number of rotatable bonds is 2. The van der Waals surface area contributed by atoms with E-state index in [1.165, 1.54) is 65.5 Å². The molecule has 7 aromatic rings. The van der Waals surface area contributed by atoms with Crippen molar-refractivity contribution in [3.05, 3.63) is 127 Å². The largest absolute Gasteiger partial charge is 0.456 e. The first-order valence-electron chi connectivity index (χ1n) is 13.0. The first kappa shape index (κ1) is 20.6. The molecule has 1 aliphatic rings. The Bertz CT molecular complexity index is 1970. The SMILES string of the molecule is C1=Cc2oc3cccc(-c4c5ccccc5c(-c5cccc6ccccc56)c5ccccc45)c3c2CC1. The Hall–Kier alpha value is -4.62. The van der Waals surface area contributed by atoms with E-state index in [1.807, 2.05) is 0 Å². The van der Waals surface area contributed by atoms with Gasteiger partial charge in [-0.1, -0.05) is 109 Å². The second kappa shape index (κ2) is 7.94. The maximum absolute atomic E-state index is 6.33. The maximum atomic E-state index is 6.33. The minimum absolute atomic E-state index is 0.973. The van der Waals surface area contributed by atoms with Gasteiger partial charge in [0.1, 0.15) is 11.3 Å². The summed E-state index contributed by atoms with van der Waals surface area (Å²) in [5, 5.41) is 8.92. The number of hydrogen-bond donors (Lipinski definition) is 0. The lowest BCUT2D eigenvalue weighted by atomic mass is 9.83. The summed E-state index contributed by atoms with van der Waals surface area (Å²) < 4.78 is 6.33. The summed E-state index contributed by atoms with van der Waals surface area (Å²) in [6.45, 7) is 0. The first-order valence-corrected chi connectivity index (χ1v) is 13.0.